The van der Waals surface area contributed by atoms with E-state index in [9.17, 15) is 4.79 Å². The fourth-order valence-corrected chi connectivity index (χ4v) is 1.73. The Balaban J connectivity index is 4.35. The number of carbonyl (C=O) groups is 1. The third kappa shape index (κ3) is 5.47. The monoisotopic (exact) mass is 231 g/mol. The first kappa shape index (κ1) is 15.4. The van der Waals surface area contributed by atoms with Crippen LogP contribution in [0.25, 0.3) is 0 Å². The zero-order valence-corrected chi connectivity index (χ0v) is 11.0. The molecule has 0 aromatic carbocycles. The number of unbranched alkanes of at least 4 members (excludes halogenated alkanes) is 1. The Kier molecular flexibility index (Phi) is 9.24. The minimum atomic E-state index is -0.133. The molecule has 0 aromatic rings. The molecule has 1 atom stereocenters. The van der Waals surface area contributed by atoms with E-state index >= 15 is 0 Å². The Morgan fingerprint density at radius 2 is 2.00 bits per heavy atom. The van der Waals surface area contributed by atoms with Gasteiger partial charge in [0, 0.05) is 13.7 Å². The largest absolute Gasteiger partial charge is 0.468 e. The zero-order chi connectivity index (χ0) is 12.4. The summed E-state index contributed by atoms with van der Waals surface area (Å²) in [6, 6.07) is -0.120. The summed E-state index contributed by atoms with van der Waals surface area (Å²) in [4.78, 5) is 13.8. The molecule has 0 radical (unpaired) electrons. The maximum absolute atomic E-state index is 11.7. The molecule has 0 rings (SSSR count). The van der Waals surface area contributed by atoms with Gasteiger partial charge in [-0.1, -0.05) is 26.7 Å². The molecule has 0 fully saturated rings. The van der Waals surface area contributed by atoms with Crippen LogP contribution in [-0.2, 0) is 14.3 Å². The third-order valence-corrected chi connectivity index (χ3v) is 2.73. The molecular formula is C12H25NO3. The van der Waals surface area contributed by atoms with Crippen LogP contribution < -0.4 is 0 Å². The lowest BCUT2D eigenvalue weighted by Gasteiger charge is -2.28. The van der Waals surface area contributed by atoms with Crippen molar-refractivity contribution in [2.24, 2.45) is 0 Å². The highest BCUT2D eigenvalue weighted by Crippen LogP contribution is 2.10. The van der Waals surface area contributed by atoms with Crippen LogP contribution in [0, 0.1) is 0 Å². The van der Waals surface area contributed by atoms with Gasteiger partial charge >= 0.3 is 5.97 Å². The number of hydrogen-bond donors (Lipinski definition) is 0. The van der Waals surface area contributed by atoms with E-state index in [1.165, 1.54) is 7.11 Å². The van der Waals surface area contributed by atoms with Gasteiger partial charge in [-0.15, -0.1) is 0 Å². The van der Waals surface area contributed by atoms with Gasteiger partial charge in [-0.05, 0) is 13.0 Å². The SMILES string of the molecule is CCCCC(C(=O)OC)N(CC)CCOC. The second kappa shape index (κ2) is 9.60. The molecule has 0 aliphatic carbocycles. The van der Waals surface area contributed by atoms with Crippen LogP contribution in [0.3, 0.4) is 0 Å². The van der Waals surface area contributed by atoms with E-state index in [0.29, 0.717) is 6.61 Å². The molecule has 0 aliphatic heterocycles. The molecule has 0 heterocycles. The minimum absolute atomic E-state index is 0.120. The summed E-state index contributed by atoms with van der Waals surface area (Å²) in [7, 11) is 3.12. The Labute approximate surface area is 98.9 Å². The van der Waals surface area contributed by atoms with Crippen LogP contribution in [0.5, 0.6) is 0 Å². The highest BCUT2D eigenvalue weighted by atomic mass is 16.5. The predicted octanol–water partition coefficient (Wildman–Crippen LogP) is 1.69. The Bertz CT molecular complexity index is 185. The van der Waals surface area contributed by atoms with E-state index in [4.69, 9.17) is 9.47 Å². The molecule has 0 aliphatic rings. The molecule has 0 spiro atoms. The van der Waals surface area contributed by atoms with Crippen molar-refractivity contribution < 1.29 is 14.3 Å². The molecule has 0 saturated carbocycles. The molecule has 0 N–H and O–H groups in total. The summed E-state index contributed by atoms with van der Waals surface area (Å²) in [5.74, 6) is -0.133. The average molecular weight is 231 g/mol. The number of nitrogens with zero attached hydrogens (tertiary/aromatic N) is 1. The molecule has 16 heavy (non-hydrogen) atoms. The lowest BCUT2D eigenvalue weighted by Crippen LogP contribution is -2.43. The van der Waals surface area contributed by atoms with Crippen molar-refractivity contribution in [3.05, 3.63) is 0 Å². The van der Waals surface area contributed by atoms with Gasteiger partial charge in [-0.25, -0.2) is 0 Å². The summed E-state index contributed by atoms with van der Waals surface area (Å²) < 4.78 is 9.90. The summed E-state index contributed by atoms with van der Waals surface area (Å²) in [5, 5.41) is 0. The van der Waals surface area contributed by atoms with Crippen molar-refractivity contribution in [2.45, 2.75) is 39.2 Å². The molecule has 1 unspecified atom stereocenters. The van der Waals surface area contributed by atoms with E-state index < -0.39 is 0 Å². The fraction of sp³-hybridized carbons (Fsp3) is 0.917. The Morgan fingerprint density at radius 3 is 2.44 bits per heavy atom. The third-order valence-electron chi connectivity index (χ3n) is 2.73. The lowest BCUT2D eigenvalue weighted by molar-refractivity contribution is -0.147. The van der Waals surface area contributed by atoms with Crippen molar-refractivity contribution in [3.8, 4) is 0 Å². The van der Waals surface area contributed by atoms with Crippen molar-refractivity contribution in [2.75, 3.05) is 33.9 Å². The van der Waals surface area contributed by atoms with Gasteiger partial charge in [0.2, 0.25) is 0 Å². The minimum Gasteiger partial charge on any atom is -0.468 e. The summed E-state index contributed by atoms with van der Waals surface area (Å²) >= 11 is 0. The quantitative estimate of drug-likeness (QED) is 0.566. The Morgan fingerprint density at radius 1 is 1.31 bits per heavy atom. The summed E-state index contributed by atoms with van der Waals surface area (Å²) in [6.07, 6.45) is 3.00. The normalized spacial score (nSPS) is 12.8. The van der Waals surface area contributed by atoms with E-state index in [-0.39, 0.29) is 12.0 Å². The van der Waals surface area contributed by atoms with Crippen molar-refractivity contribution in [3.63, 3.8) is 0 Å². The van der Waals surface area contributed by atoms with Gasteiger partial charge in [0.15, 0.2) is 0 Å². The molecular weight excluding hydrogens is 206 g/mol. The number of rotatable bonds is 9. The molecule has 0 saturated heterocycles. The molecule has 0 amide bonds. The molecule has 0 bridgehead atoms. The standard InChI is InChI=1S/C12H25NO3/c1-5-7-8-11(12(14)16-4)13(6-2)9-10-15-3/h11H,5-10H2,1-4H3. The van der Waals surface area contributed by atoms with Crippen molar-refractivity contribution in [1.82, 2.24) is 4.90 Å². The van der Waals surface area contributed by atoms with Gasteiger partial charge < -0.3 is 9.47 Å². The maximum atomic E-state index is 11.7. The average Bonchev–Trinajstić information content (AvgIpc) is 2.32. The predicted molar refractivity (Wildman–Crippen MR) is 64.5 cm³/mol. The Hall–Kier alpha value is -0.610. The number of hydrogen-bond acceptors (Lipinski definition) is 4. The van der Waals surface area contributed by atoms with Gasteiger partial charge in [-0.2, -0.15) is 0 Å². The number of likely N-dealkylation sites (N-methyl/N-ethyl adjacent to an activating group) is 1. The lowest BCUT2D eigenvalue weighted by atomic mass is 10.1. The van der Waals surface area contributed by atoms with E-state index in [0.717, 1.165) is 32.4 Å². The van der Waals surface area contributed by atoms with Crippen molar-refractivity contribution in [1.29, 1.82) is 0 Å². The second-order valence-corrected chi connectivity index (χ2v) is 3.80. The maximum Gasteiger partial charge on any atom is 0.323 e. The van der Waals surface area contributed by atoms with E-state index in [2.05, 4.69) is 18.7 Å². The molecule has 4 heteroatoms. The van der Waals surface area contributed by atoms with Gasteiger partial charge in [0.25, 0.3) is 0 Å². The van der Waals surface area contributed by atoms with Gasteiger partial charge in [0.1, 0.15) is 6.04 Å². The van der Waals surface area contributed by atoms with Gasteiger partial charge in [0.05, 0.1) is 13.7 Å². The number of ether oxygens (including phenoxy) is 2. The van der Waals surface area contributed by atoms with Crippen LogP contribution in [0.4, 0.5) is 0 Å². The molecule has 0 aromatic heterocycles. The fourth-order valence-electron chi connectivity index (χ4n) is 1.73. The van der Waals surface area contributed by atoms with E-state index in [1.54, 1.807) is 7.11 Å². The van der Waals surface area contributed by atoms with E-state index in [1.807, 2.05) is 0 Å². The summed E-state index contributed by atoms with van der Waals surface area (Å²) in [6.45, 7) is 6.44. The zero-order valence-electron chi connectivity index (χ0n) is 11.0. The number of methoxy groups -OCH3 is 2. The van der Waals surface area contributed by atoms with Crippen LogP contribution in [-0.4, -0.2) is 50.8 Å². The molecule has 96 valence electrons. The van der Waals surface area contributed by atoms with Crippen LogP contribution in [0.2, 0.25) is 0 Å². The number of carbonyl (C=O) groups excluding carboxylic acids is 1. The number of esters is 1. The van der Waals surface area contributed by atoms with Crippen LogP contribution >= 0.6 is 0 Å². The summed E-state index contributed by atoms with van der Waals surface area (Å²) in [5.41, 5.74) is 0. The highest BCUT2D eigenvalue weighted by Gasteiger charge is 2.24. The first-order valence-electron chi connectivity index (χ1n) is 6.02. The first-order chi connectivity index (χ1) is 7.71. The smallest absolute Gasteiger partial charge is 0.323 e. The topological polar surface area (TPSA) is 38.8 Å². The first-order valence-corrected chi connectivity index (χ1v) is 6.02. The van der Waals surface area contributed by atoms with Crippen molar-refractivity contribution >= 4 is 5.97 Å². The van der Waals surface area contributed by atoms with Gasteiger partial charge in [-0.3, -0.25) is 9.69 Å². The second-order valence-electron chi connectivity index (χ2n) is 3.80. The van der Waals surface area contributed by atoms with Crippen LogP contribution in [0.15, 0.2) is 0 Å². The molecule has 4 nitrogen and oxygen atoms in total. The highest BCUT2D eigenvalue weighted by molar-refractivity contribution is 5.75. The van der Waals surface area contributed by atoms with Crippen LogP contribution in [0.1, 0.15) is 33.1 Å².